The van der Waals surface area contributed by atoms with E-state index in [4.69, 9.17) is 9.47 Å². The van der Waals surface area contributed by atoms with Crippen molar-refractivity contribution in [2.75, 3.05) is 0 Å². The minimum absolute atomic E-state index is 0.115. The van der Waals surface area contributed by atoms with Crippen molar-refractivity contribution in [1.82, 2.24) is 0 Å². The van der Waals surface area contributed by atoms with Gasteiger partial charge in [-0.05, 0) is 35.9 Å². The summed E-state index contributed by atoms with van der Waals surface area (Å²) in [7, 11) is 0. The van der Waals surface area contributed by atoms with E-state index in [1.165, 1.54) is 0 Å². The third-order valence-electron chi connectivity index (χ3n) is 4.53. The first kappa shape index (κ1) is 17.7. The maximum Gasteiger partial charge on any atom is 0.353 e. The molecule has 1 aliphatic heterocycles. The van der Waals surface area contributed by atoms with Crippen LogP contribution < -0.4 is 4.74 Å². The van der Waals surface area contributed by atoms with Gasteiger partial charge in [-0.3, -0.25) is 4.79 Å². The zero-order chi connectivity index (χ0) is 19.5. The molecule has 0 N–H and O–H groups in total. The zero-order valence-electron chi connectivity index (χ0n) is 14.8. The highest BCUT2D eigenvalue weighted by atomic mass is 16.6. The van der Waals surface area contributed by atoms with Gasteiger partial charge in [-0.25, -0.2) is 9.59 Å². The highest BCUT2D eigenvalue weighted by Gasteiger charge is 2.32. The average molecular weight is 372 g/mol. The number of benzene rings is 3. The Bertz CT molecular complexity index is 1040. The lowest BCUT2D eigenvalue weighted by Crippen LogP contribution is -2.36. The lowest BCUT2D eigenvalue weighted by atomic mass is 9.99. The van der Waals surface area contributed by atoms with E-state index in [0.29, 0.717) is 16.7 Å². The van der Waals surface area contributed by atoms with Crippen LogP contribution in [0.2, 0.25) is 0 Å². The van der Waals surface area contributed by atoms with Crippen LogP contribution >= 0.6 is 0 Å². The van der Waals surface area contributed by atoms with Gasteiger partial charge < -0.3 is 9.47 Å². The first-order valence-electron chi connectivity index (χ1n) is 8.82. The fourth-order valence-corrected chi connectivity index (χ4v) is 3.08. The zero-order valence-corrected chi connectivity index (χ0v) is 14.8. The second-order valence-corrected chi connectivity index (χ2v) is 6.40. The van der Waals surface area contributed by atoms with Gasteiger partial charge >= 0.3 is 11.9 Å². The number of esters is 2. The molecule has 0 bridgehead atoms. The van der Waals surface area contributed by atoms with E-state index in [1.54, 1.807) is 66.7 Å². The number of hydrogen-bond acceptors (Lipinski definition) is 5. The third-order valence-corrected chi connectivity index (χ3v) is 4.53. The molecule has 1 heterocycles. The normalized spacial score (nSPS) is 15.3. The molecular formula is C23H16O5. The molecule has 0 spiro atoms. The summed E-state index contributed by atoms with van der Waals surface area (Å²) in [6.45, 7) is 0. The summed E-state index contributed by atoms with van der Waals surface area (Å²) in [5, 5.41) is 0. The van der Waals surface area contributed by atoms with Gasteiger partial charge in [0.25, 0.3) is 0 Å². The topological polar surface area (TPSA) is 69.7 Å². The van der Waals surface area contributed by atoms with Crippen LogP contribution in [0.4, 0.5) is 0 Å². The second-order valence-electron chi connectivity index (χ2n) is 6.40. The Morgan fingerprint density at radius 1 is 0.821 bits per heavy atom. The molecule has 0 unspecified atom stereocenters. The summed E-state index contributed by atoms with van der Waals surface area (Å²) < 4.78 is 10.5. The second kappa shape index (κ2) is 7.48. The van der Waals surface area contributed by atoms with Crippen LogP contribution in [0.25, 0.3) is 0 Å². The van der Waals surface area contributed by atoms with E-state index in [2.05, 4.69) is 0 Å². The Hall–Kier alpha value is -3.73. The van der Waals surface area contributed by atoms with Gasteiger partial charge in [0.15, 0.2) is 5.78 Å². The van der Waals surface area contributed by atoms with Crippen LogP contribution in [0.5, 0.6) is 5.75 Å². The molecule has 3 aromatic rings. The molecular weight excluding hydrogens is 356 g/mol. The molecule has 1 aliphatic rings. The number of carbonyl (C=O) groups excluding carboxylic acids is 3. The summed E-state index contributed by atoms with van der Waals surface area (Å²) >= 11 is 0. The van der Waals surface area contributed by atoms with Crippen molar-refractivity contribution in [3.05, 3.63) is 101 Å². The SMILES string of the molecule is O=C(c1ccccc1)c1ccc(OC(=O)[C@@H]2Cc3ccccc3C(=O)O2)cc1. The molecule has 0 amide bonds. The molecule has 28 heavy (non-hydrogen) atoms. The summed E-state index contributed by atoms with van der Waals surface area (Å²) in [6.07, 6.45) is -0.723. The number of ketones is 1. The van der Waals surface area contributed by atoms with E-state index in [1.807, 2.05) is 12.1 Å². The van der Waals surface area contributed by atoms with Gasteiger partial charge in [0.1, 0.15) is 5.75 Å². The maximum atomic E-state index is 12.4. The molecule has 138 valence electrons. The fraction of sp³-hybridized carbons (Fsp3) is 0.0870. The smallest absolute Gasteiger partial charge is 0.353 e. The van der Waals surface area contributed by atoms with Crippen molar-refractivity contribution < 1.29 is 23.9 Å². The van der Waals surface area contributed by atoms with Crippen LogP contribution in [0.1, 0.15) is 31.8 Å². The predicted octanol–water partition coefficient (Wildman–Crippen LogP) is 3.60. The quantitative estimate of drug-likeness (QED) is 0.398. The number of ether oxygens (including phenoxy) is 2. The van der Waals surface area contributed by atoms with Crippen molar-refractivity contribution >= 4 is 17.7 Å². The number of fused-ring (bicyclic) bond motifs is 1. The summed E-state index contributed by atoms with van der Waals surface area (Å²) in [6, 6.07) is 22.2. The van der Waals surface area contributed by atoms with E-state index in [9.17, 15) is 14.4 Å². The van der Waals surface area contributed by atoms with Gasteiger partial charge in [-0.15, -0.1) is 0 Å². The van der Waals surface area contributed by atoms with E-state index in [-0.39, 0.29) is 18.0 Å². The van der Waals surface area contributed by atoms with Crippen LogP contribution in [-0.4, -0.2) is 23.8 Å². The van der Waals surface area contributed by atoms with Crippen molar-refractivity contribution in [3.63, 3.8) is 0 Å². The van der Waals surface area contributed by atoms with Gasteiger partial charge in [-0.2, -0.15) is 0 Å². The van der Waals surface area contributed by atoms with E-state index >= 15 is 0 Å². The molecule has 0 radical (unpaired) electrons. The number of rotatable bonds is 4. The van der Waals surface area contributed by atoms with Crippen molar-refractivity contribution in [3.8, 4) is 5.75 Å². The van der Waals surface area contributed by atoms with Crippen molar-refractivity contribution in [2.24, 2.45) is 0 Å². The molecule has 3 aromatic carbocycles. The summed E-state index contributed by atoms with van der Waals surface area (Å²) in [4.78, 5) is 36.9. The molecule has 0 fully saturated rings. The van der Waals surface area contributed by atoms with Gasteiger partial charge in [0, 0.05) is 17.5 Å². The first-order valence-corrected chi connectivity index (χ1v) is 8.82. The summed E-state index contributed by atoms with van der Waals surface area (Å²) in [5.74, 6) is -1.02. The van der Waals surface area contributed by atoms with Crippen LogP contribution in [0, 0.1) is 0 Å². The molecule has 0 aliphatic carbocycles. The van der Waals surface area contributed by atoms with Crippen LogP contribution in [0.15, 0.2) is 78.9 Å². The number of carbonyl (C=O) groups is 3. The fourth-order valence-electron chi connectivity index (χ4n) is 3.08. The van der Waals surface area contributed by atoms with E-state index in [0.717, 1.165) is 5.56 Å². The molecule has 5 heteroatoms. The molecule has 4 rings (SSSR count). The first-order chi connectivity index (χ1) is 13.6. The average Bonchev–Trinajstić information content (AvgIpc) is 2.74. The largest absolute Gasteiger partial charge is 0.446 e. The Balaban J connectivity index is 1.44. The number of cyclic esters (lactones) is 1. The Labute approximate surface area is 161 Å². The minimum atomic E-state index is -0.993. The van der Waals surface area contributed by atoms with Crippen molar-refractivity contribution in [2.45, 2.75) is 12.5 Å². The highest BCUT2D eigenvalue weighted by Crippen LogP contribution is 2.22. The van der Waals surface area contributed by atoms with Crippen LogP contribution in [0.3, 0.4) is 0 Å². The molecule has 5 nitrogen and oxygen atoms in total. The standard InChI is InChI=1S/C23H16O5/c24-21(15-6-2-1-3-7-15)16-10-12-18(13-11-16)27-23(26)20-14-17-8-4-5-9-19(17)22(25)28-20/h1-13,20H,14H2/t20-/m0/s1. The van der Waals surface area contributed by atoms with Gasteiger partial charge in [0.2, 0.25) is 6.10 Å². The lowest BCUT2D eigenvalue weighted by molar-refractivity contribution is -0.144. The third kappa shape index (κ3) is 3.55. The Morgan fingerprint density at radius 2 is 1.46 bits per heavy atom. The lowest BCUT2D eigenvalue weighted by Gasteiger charge is -2.23. The molecule has 1 atom stereocenters. The monoisotopic (exact) mass is 372 g/mol. The van der Waals surface area contributed by atoms with Crippen molar-refractivity contribution in [1.29, 1.82) is 0 Å². The van der Waals surface area contributed by atoms with Gasteiger partial charge in [-0.1, -0.05) is 48.5 Å². The Morgan fingerprint density at radius 3 is 2.21 bits per heavy atom. The minimum Gasteiger partial charge on any atom is -0.446 e. The van der Waals surface area contributed by atoms with E-state index < -0.39 is 18.0 Å². The Kier molecular flexibility index (Phi) is 4.72. The van der Waals surface area contributed by atoms with Crippen LogP contribution in [-0.2, 0) is 16.0 Å². The molecule has 0 saturated carbocycles. The molecule has 0 aromatic heterocycles. The molecule has 0 saturated heterocycles. The van der Waals surface area contributed by atoms with Gasteiger partial charge in [0.05, 0.1) is 5.56 Å². The maximum absolute atomic E-state index is 12.4. The number of hydrogen-bond donors (Lipinski definition) is 0. The predicted molar refractivity (Wildman–Crippen MR) is 101 cm³/mol. The highest BCUT2D eigenvalue weighted by molar-refractivity contribution is 6.09. The summed E-state index contributed by atoms with van der Waals surface area (Å²) in [5.41, 5.74) is 2.30.